The highest BCUT2D eigenvalue weighted by molar-refractivity contribution is 9.10. The number of ether oxygens (including phenoxy) is 1. The third-order valence-electron chi connectivity index (χ3n) is 3.81. The number of aliphatic imine (C=N–C) groups is 1. The Morgan fingerprint density at radius 2 is 2.23 bits per heavy atom. The number of allylic oxidation sites excluding steroid dienone is 1. The normalized spacial score (nSPS) is 17.0. The zero-order chi connectivity index (χ0) is 18.8. The van der Waals surface area contributed by atoms with Crippen LogP contribution >= 0.6 is 15.9 Å². The molecular weight excluding hydrogens is 405 g/mol. The average molecular weight is 422 g/mol. The number of aryl methyl sites for hydroxylation is 1. The monoisotopic (exact) mass is 421 g/mol. The van der Waals surface area contributed by atoms with Crippen LogP contribution in [0.5, 0.6) is 0 Å². The summed E-state index contributed by atoms with van der Waals surface area (Å²) in [5.41, 5.74) is 1.59. The van der Waals surface area contributed by atoms with Crippen LogP contribution in [0.15, 0.2) is 45.3 Å². The second-order valence-corrected chi connectivity index (χ2v) is 6.53. The standard InChI is InChI=1S/C17H17BrFN5O2/c1-4-26-17(25)13-9(2)21-16(15-20-8-24(3)23-15)22-14(13)11-6-5-10(19)7-12(11)18/h5-8,14H,4H2,1-3H3,(H,21,22). The number of nitrogens with one attached hydrogen (secondary N) is 1. The number of benzene rings is 1. The molecule has 1 N–H and O–H groups in total. The predicted octanol–water partition coefficient (Wildman–Crippen LogP) is 2.64. The van der Waals surface area contributed by atoms with Gasteiger partial charge in [-0.1, -0.05) is 22.0 Å². The molecule has 26 heavy (non-hydrogen) atoms. The maximum atomic E-state index is 13.5. The molecule has 1 aromatic carbocycles. The van der Waals surface area contributed by atoms with Crippen molar-refractivity contribution in [1.82, 2.24) is 20.1 Å². The molecule has 2 aromatic rings. The van der Waals surface area contributed by atoms with Gasteiger partial charge in [0.15, 0.2) is 5.84 Å². The van der Waals surface area contributed by atoms with E-state index in [1.165, 1.54) is 12.1 Å². The van der Waals surface area contributed by atoms with Crippen molar-refractivity contribution < 1.29 is 13.9 Å². The van der Waals surface area contributed by atoms with Crippen molar-refractivity contribution in [2.45, 2.75) is 19.9 Å². The number of esters is 1. The third-order valence-corrected chi connectivity index (χ3v) is 4.49. The first-order chi connectivity index (χ1) is 12.4. The van der Waals surface area contributed by atoms with E-state index in [-0.39, 0.29) is 12.4 Å². The highest BCUT2D eigenvalue weighted by atomic mass is 79.9. The van der Waals surface area contributed by atoms with E-state index < -0.39 is 12.0 Å². The van der Waals surface area contributed by atoms with Gasteiger partial charge >= 0.3 is 5.97 Å². The topological polar surface area (TPSA) is 81.4 Å². The van der Waals surface area contributed by atoms with Crippen LogP contribution in [-0.4, -0.2) is 33.2 Å². The lowest BCUT2D eigenvalue weighted by Gasteiger charge is -2.25. The molecule has 1 aliphatic rings. The van der Waals surface area contributed by atoms with Crippen LogP contribution in [0.1, 0.15) is 31.3 Å². The molecule has 0 spiro atoms. The Bertz CT molecular complexity index is 922. The molecular formula is C17H17BrFN5O2. The number of hydrogen-bond acceptors (Lipinski definition) is 6. The molecule has 0 saturated heterocycles. The lowest BCUT2D eigenvalue weighted by Crippen LogP contribution is -2.33. The van der Waals surface area contributed by atoms with Crippen LogP contribution in [0.4, 0.5) is 4.39 Å². The van der Waals surface area contributed by atoms with E-state index in [9.17, 15) is 9.18 Å². The van der Waals surface area contributed by atoms with Crippen molar-refractivity contribution >= 4 is 27.7 Å². The summed E-state index contributed by atoms with van der Waals surface area (Å²) < 4.78 is 20.8. The molecule has 1 unspecified atom stereocenters. The fourth-order valence-corrected chi connectivity index (χ4v) is 3.23. The zero-order valence-electron chi connectivity index (χ0n) is 14.5. The lowest BCUT2D eigenvalue weighted by atomic mass is 9.96. The first-order valence-corrected chi connectivity index (χ1v) is 8.73. The van der Waals surface area contributed by atoms with Gasteiger partial charge in [-0.05, 0) is 31.5 Å². The number of amidine groups is 1. The van der Waals surface area contributed by atoms with Crippen molar-refractivity contribution in [3.8, 4) is 0 Å². The second-order valence-electron chi connectivity index (χ2n) is 5.67. The molecule has 1 aliphatic heterocycles. The van der Waals surface area contributed by atoms with Gasteiger partial charge in [-0.25, -0.2) is 14.2 Å². The van der Waals surface area contributed by atoms with Gasteiger partial charge in [0.1, 0.15) is 18.2 Å². The minimum Gasteiger partial charge on any atom is -0.463 e. The summed E-state index contributed by atoms with van der Waals surface area (Å²) in [4.78, 5) is 21.3. The molecule has 9 heteroatoms. The fraction of sp³-hybridized carbons (Fsp3) is 0.294. The molecule has 0 fully saturated rings. The Morgan fingerprint density at radius 1 is 1.46 bits per heavy atom. The first-order valence-electron chi connectivity index (χ1n) is 7.94. The zero-order valence-corrected chi connectivity index (χ0v) is 16.0. The minimum atomic E-state index is -0.677. The SMILES string of the molecule is CCOC(=O)C1=C(C)NC(c2ncn(C)n2)=NC1c1ccc(F)cc1Br. The Kier molecular flexibility index (Phi) is 5.17. The molecule has 0 bridgehead atoms. The van der Waals surface area contributed by atoms with Gasteiger partial charge in [-0.3, -0.25) is 9.67 Å². The number of aromatic nitrogens is 3. The summed E-state index contributed by atoms with van der Waals surface area (Å²) in [6.45, 7) is 3.74. The molecule has 0 aliphatic carbocycles. The Labute approximate surface area is 158 Å². The highest BCUT2D eigenvalue weighted by Gasteiger charge is 2.32. The maximum Gasteiger partial charge on any atom is 0.338 e. The molecule has 7 nitrogen and oxygen atoms in total. The van der Waals surface area contributed by atoms with Crippen LogP contribution in [0, 0.1) is 5.82 Å². The summed E-state index contributed by atoms with van der Waals surface area (Å²) in [5.74, 6) is -0.0330. The molecule has 2 heterocycles. The van der Waals surface area contributed by atoms with E-state index in [0.717, 1.165) is 0 Å². The van der Waals surface area contributed by atoms with Gasteiger partial charge in [0.25, 0.3) is 0 Å². The largest absolute Gasteiger partial charge is 0.463 e. The summed E-state index contributed by atoms with van der Waals surface area (Å²) in [6, 6.07) is 3.58. The molecule has 0 amide bonds. The van der Waals surface area contributed by atoms with E-state index in [4.69, 9.17) is 4.74 Å². The van der Waals surface area contributed by atoms with E-state index >= 15 is 0 Å². The Morgan fingerprint density at radius 3 is 2.85 bits per heavy atom. The number of carbonyl (C=O) groups is 1. The van der Waals surface area contributed by atoms with E-state index in [0.29, 0.717) is 33.0 Å². The van der Waals surface area contributed by atoms with Crippen LogP contribution in [0.2, 0.25) is 0 Å². The molecule has 1 aromatic heterocycles. The van der Waals surface area contributed by atoms with Crippen molar-refractivity contribution in [2.75, 3.05) is 6.61 Å². The van der Waals surface area contributed by atoms with E-state index in [1.54, 1.807) is 38.0 Å². The number of halogens is 2. The quantitative estimate of drug-likeness (QED) is 0.767. The van der Waals surface area contributed by atoms with Crippen molar-refractivity contribution in [2.24, 2.45) is 12.0 Å². The summed E-state index contributed by atoms with van der Waals surface area (Å²) in [6.07, 6.45) is 1.56. The van der Waals surface area contributed by atoms with Crippen LogP contribution in [0.25, 0.3) is 0 Å². The number of rotatable bonds is 4. The van der Waals surface area contributed by atoms with Gasteiger partial charge in [0.2, 0.25) is 5.82 Å². The summed E-state index contributed by atoms with van der Waals surface area (Å²) >= 11 is 3.36. The van der Waals surface area contributed by atoms with Crippen molar-refractivity contribution in [3.63, 3.8) is 0 Å². The van der Waals surface area contributed by atoms with Gasteiger partial charge in [0, 0.05) is 17.2 Å². The molecule has 0 saturated carbocycles. The number of hydrogen-bond donors (Lipinski definition) is 1. The van der Waals surface area contributed by atoms with E-state index in [2.05, 4.69) is 36.3 Å². The smallest absolute Gasteiger partial charge is 0.338 e. The third kappa shape index (κ3) is 3.52. The number of carbonyl (C=O) groups excluding carboxylic acids is 1. The van der Waals surface area contributed by atoms with Crippen LogP contribution in [0.3, 0.4) is 0 Å². The molecule has 136 valence electrons. The molecule has 1 atom stereocenters. The van der Waals surface area contributed by atoms with Crippen molar-refractivity contribution in [3.05, 3.63) is 57.5 Å². The summed E-state index contributed by atoms with van der Waals surface area (Å²) in [7, 11) is 1.75. The average Bonchev–Trinajstić information content (AvgIpc) is 3.01. The Balaban J connectivity index is 2.12. The predicted molar refractivity (Wildman–Crippen MR) is 96.8 cm³/mol. The summed E-state index contributed by atoms with van der Waals surface area (Å²) in [5, 5.41) is 7.31. The van der Waals surface area contributed by atoms with Crippen LogP contribution in [-0.2, 0) is 16.6 Å². The first kappa shape index (κ1) is 18.2. The molecule has 0 radical (unpaired) electrons. The van der Waals surface area contributed by atoms with Crippen LogP contribution < -0.4 is 5.32 Å². The van der Waals surface area contributed by atoms with Gasteiger partial charge in [-0.2, -0.15) is 0 Å². The van der Waals surface area contributed by atoms with Gasteiger partial charge in [0.05, 0.1) is 12.2 Å². The fourth-order valence-electron chi connectivity index (χ4n) is 2.66. The maximum absolute atomic E-state index is 13.5. The van der Waals surface area contributed by atoms with Gasteiger partial charge < -0.3 is 10.1 Å². The Hall–Kier alpha value is -2.55. The number of nitrogens with zero attached hydrogens (tertiary/aromatic N) is 4. The van der Waals surface area contributed by atoms with Gasteiger partial charge in [-0.15, -0.1) is 5.10 Å². The second kappa shape index (κ2) is 7.36. The minimum absolute atomic E-state index is 0.241. The highest BCUT2D eigenvalue weighted by Crippen LogP contribution is 2.36. The lowest BCUT2D eigenvalue weighted by molar-refractivity contribution is -0.138. The molecule has 3 rings (SSSR count). The van der Waals surface area contributed by atoms with Crippen molar-refractivity contribution in [1.29, 1.82) is 0 Å². The van der Waals surface area contributed by atoms with E-state index in [1.807, 2.05) is 0 Å².